The van der Waals surface area contributed by atoms with E-state index in [1.165, 1.54) is 11.8 Å². The summed E-state index contributed by atoms with van der Waals surface area (Å²) >= 11 is 1.53. The number of hydrogen-bond donors (Lipinski definition) is 1. The summed E-state index contributed by atoms with van der Waals surface area (Å²) in [5, 5.41) is 6.84. The van der Waals surface area contributed by atoms with Gasteiger partial charge in [0.15, 0.2) is 0 Å². The molecule has 2 amide bonds. The van der Waals surface area contributed by atoms with E-state index < -0.39 is 0 Å². The van der Waals surface area contributed by atoms with Crippen LogP contribution in [0.1, 0.15) is 26.6 Å². The Morgan fingerprint density at radius 2 is 1.81 bits per heavy atom. The molecule has 1 aromatic heterocycles. The summed E-state index contributed by atoms with van der Waals surface area (Å²) in [5.74, 6) is 0.474. The molecule has 0 unspecified atom stereocenters. The minimum absolute atomic E-state index is 0.0457. The molecule has 32 heavy (non-hydrogen) atoms. The van der Waals surface area contributed by atoms with Gasteiger partial charge in [0.25, 0.3) is 11.8 Å². The van der Waals surface area contributed by atoms with Crippen molar-refractivity contribution in [1.29, 1.82) is 0 Å². The minimum atomic E-state index is -0.210. The summed E-state index contributed by atoms with van der Waals surface area (Å²) in [5.41, 5.74) is 2.82. The van der Waals surface area contributed by atoms with Crippen LogP contribution < -0.4 is 10.2 Å². The Labute approximate surface area is 188 Å². The SMILES string of the molecule is CN1C(=O)c2ccccc2Sc2cc(-c3noc(CNC(=O)c4ccccc4)n3)ccc21. The molecule has 0 spiro atoms. The molecular weight excluding hydrogens is 424 g/mol. The van der Waals surface area contributed by atoms with Crippen LogP contribution in [0.4, 0.5) is 5.69 Å². The lowest BCUT2D eigenvalue weighted by Crippen LogP contribution is -2.25. The van der Waals surface area contributed by atoms with Gasteiger partial charge in [-0.2, -0.15) is 4.98 Å². The van der Waals surface area contributed by atoms with Gasteiger partial charge < -0.3 is 14.7 Å². The zero-order valence-electron chi connectivity index (χ0n) is 17.1. The number of amides is 2. The molecule has 2 heterocycles. The van der Waals surface area contributed by atoms with Crippen molar-refractivity contribution in [3.8, 4) is 11.4 Å². The summed E-state index contributed by atoms with van der Waals surface area (Å²) in [6.45, 7) is 0.130. The Balaban J connectivity index is 1.37. The number of nitrogens with one attached hydrogen (secondary N) is 1. The molecule has 1 aliphatic rings. The molecule has 4 aromatic rings. The number of benzene rings is 3. The summed E-state index contributed by atoms with van der Waals surface area (Å²) in [4.78, 5) is 32.9. The first-order valence-electron chi connectivity index (χ1n) is 9.95. The monoisotopic (exact) mass is 442 g/mol. The zero-order chi connectivity index (χ0) is 22.1. The van der Waals surface area contributed by atoms with E-state index >= 15 is 0 Å². The maximum Gasteiger partial charge on any atom is 0.259 e. The van der Waals surface area contributed by atoms with Crippen LogP contribution in [0.3, 0.4) is 0 Å². The molecule has 0 atom stereocenters. The van der Waals surface area contributed by atoms with Crippen LogP contribution in [0.2, 0.25) is 0 Å². The Morgan fingerprint density at radius 1 is 1.03 bits per heavy atom. The average Bonchev–Trinajstić information content (AvgIpc) is 3.28. The highest BCUT2D eigenvalue weighted by atomic mass is 32.2. The van der Waals surface area contributed by atoms with Gasteiger partial charge in [-0.3, -0.25) is 9.59 Å². The first-order chi connectivity index (χ1) is 15.6. The number of carbonyl (C=O) groups is 2. The molecule has 0 fully saturated rings. The lowest BCUT2D eigenvalue weighted by molar-refractivity contribution is 0.0945. The standard InChI is InChI=1S/C24H18N4O3S/c1-28-18-12-11-16(13-20(18)32-19-10-6-5-9-17(19)24(28)30)22-26-21(31-27-22)14-25-23(29)15-7-3-2-4-8-15/h2-13H,14H2,1H3,(H,25,29). The molecule has 0 radical (unpaired) electrons. The van der Waals surface area contributed by atoms with E-state index in [1.807, 2.05) is 48.5 Å². The van der Waals surface area contributed by atoms with E-state index in [4.69, 9.17) is 4.52 Å². The third kappa shape index (κ3) is 3.76. The van der Waals surface area contributed by atoms with Crippen LogP contribution >= 0.6 is 11.8 Å². The molecule has 7 nitrogen and oxygen atoms in total. The molecule has 8 heteroatoms. The van der Waals surface area contributed by atoms with Crippen molar-refractivity contribution in [3.63, 3.8) is 0 Å². The molecular formula is C24H18N4O3S. The number of aromatic nitrogens is 2. The van der Waals surface area contributed by atoms with E-state index in [-0.39, 0.29) is 18.4 Å². The van der Waals surface area contributed by atoms with Gasteiger partial charge in [0.1, 0.15) is 0 Å². The van der Waals surface area contributed by atoms with Gasteiger partial charge >= 0.3 is 0 Å². The van der Waals surface area contributed by atoms with Crippen molar-refractivity contribution in [3.05, 3.63) is 89.8 Å². The Bertz CT molecular complexity index is 1320. The normalized spacial score (nSPS) is 12.7. The van der Waals surface area contributed by atoms with E-state index in [0.29, 0.717) is 22.8 Å². The van der Waals surface area contributed by atoms with Crippen molar-refractivity contribution in [2.45, 2.75) is 16.3 Å². The van der Waals surface area contributed by atoms with E-state index in [0.717, 1.165) is 21.0 Å². The molecule has 158 valence electrons. The van der Waals surface area contributed by atoms with E-state index in [2.05, 4.69) is 15.5 Å². The Hall–Kier alpha value is -3.91. The summed E-state index contributed by atoms with van der Waals surface area (Å²) in [7, 11) is 1.77. The van der Waals surface area contributed by atoms with Gasteiger partial charge in [0, 0.05) is 28.0 Å². The van der Waals surface area contributed by atoms with Gasteiger partial charge in [0.05, 0.1) is 17.8 Å². The van der Waals surface area contributed by atoms with Crippen molar-refractivity contribution >= 4 is 29.3 Å². The average molecular weight is 443 g/mol. The molecule has 5 rings (SSSR count). The number of carbonyl (C=O) groups excluding carboxylic acids is 2. The molecule has 0 saturated carbocycles. The molecule has 0 bridgehead atoms. The fourth-order valence-electron chi connectivity index (χ4n) is 3.44. The third-order valence-corrected chi connectivity index (χ3v) is 6.25. The first-order valence-corrected chi connectivity index (χ1v) is 10.8. The van der Waals surface area contributed by atoms with Crippen LogP contribution in [0.15, 0.2) is 87.1 Å². The second-order valence-corrected chi connectivity index (χ2v) is 8.29. The van der Waals surface area contributed by atoms with Crippen LogP contribution in [-0.4, -0.2) is 29.0 Å². The van der Waals surface area contributed by atoms with Crippen molar-refractivity contribution in [1.82, 2.24) is 15.5 Å². The first kappa shape index (κ1) is 20.0. The number of hydrogen-bond acceptors (Lipinski definition) is 6. The van der Waals surface area contributed by atoms with E-state index in [9.17, 15) is 9.59 Å². The largest absolute Gasteiger partial charge is 0.343 e. The highest BCUT2D eigenvalue weighted by Crippen LogP contribution is 2.42. The fraction of sp³-hybridized carbons (Fsp3) is 0.0833. The van der Waals surface area contributed by atoms with Crippen molar-refractivity contribution in [2.24, 2.45) is 0 Å². The molecule has 0 aliphatic carbocycles. The van der Waals surface area contributed by atoms with Crippen LogP contribution in [-0.2, 0) is 6.54 Å². The third-order valence-electron chi connectivity index (χ3n) is 5.13. The fourth-order valence-corrected chi connectivity index (χ4v) is 4.59. The van der Waals surface area contributed by atoms with Crippen LogP contribution in [0.5, 0.6) is 0 Å². The predicted octanol–water partition coefficient (Wildman–Crippen LogP) is 4.41. The van der Waals surface area contributed by atoms with Crippen molar-refractivity contribution < 1.29 is 14.1 Å². The van der Waals surface area contributed by atoms with Gasteiger partial charge in [-0.1, -0.05) is 47.3 Å². The maximum atomic E-state index is 12.8. The minimum Gasteiger partial charge on any atom is -0.343 e. The number of anilines is 1. The van der Waals surface area contributed by atoms with Gasteiger partial charge in [-0.05, 0) is 42.5 Å². The molecule has 3 aromatic carbocycles. The van der Waals surface area contributed by atoms with Crippen molar-refractivity contribution in [2.75, 3.05) is 11.9 Å². The predicted molar refractivity (Wildman–Crippen MR) is 121 cm³/mol. The molecule has 1 aliphatic heterocycles. The summed E-state index contributed by atoms with van der Waals surface area (Å²) < 4.78 is 5.32. The van der Waals surface area contributed by atoms with Gasteiger partial charge in [-0.25, -0.2) is 0 Å². The lowest BCUT2D eigenvalue weighted by Gasteiger charge is -2.17. The zero-order valence-corrected chi connectivity index (χ0v) is 17.9. The Kier molecular flexibility index (Phi) is 5.20. The lowest BCUT2D eigenvalue weighted by atomic mass is 10.1. The topological polar surface area (TPSA) is 88.3 Å². The number of rotatable bonds is 4. The number of fused-ring (bicyclic) bond motifs is 2. The number of nitrogens with zero attached hydrogens (tertiary/aromatic N) is 3. The van der Waals surface area contributed by atoms with Crippen LogP contribution in [0.25, 0.3) is 11.4 Å². The quantitative estimate of drug-likeness (QED) is 0.504. The maximum absolute atomic E-state index is 12.8. The summed E-state index contributed by atoms with van der Waals surface area (Å²) in [6, 6.07) is 22.2. The van der Waals surface area contributed by atoms with Gasteiger partial charge in [0.2, 0.25) is 11.7 Å². The smallest absolute Gasteiger partial charge is 0.259 e. The highest BCUT2D eigenvalue weighted by Gasteiger charge is 2.25. The summed E-state index contributed by atoms with van der Waals surface area (Å²) in [6.07, 6.45) is 0. The second kappa shape index (κ2) is 8.32. The van der Waals surface area contributed by atoms with Gasteiger partial charge in [-0.15, -0.1) is 0 Å². The molecule has 0 saturated heterocycles. The van der Waals surface area contributed by atoms with Crippen LogP contribution in [0, 0.1) is 0 Å². The highest BCUT2D eigenvalue weighted by molar-refractivity contribution is 7.99. The van der Waals surface area contributed by atoms with E-state index in [1.54, 1.807) is 36.2 Å². The molecule has 1 N–H and O–H groups in total. The Morgan fingerprint density at radius 3 is 2.66 bits per heavy atom. The second-order valence-electron chi connectivity index (χ2n) is 7.21.